The predicted molar refractivity (Wildman–Crippen MR) is 89.9 cm³/mol. The summed E-state index contributed by atoms with van der Waals surface area (Å²) >= 11 is 0. The third kappa shape index (κ3) is 2.14. The number of fused-ring (bicyclic) bond motifs is 3. The van der Waals surface area contributed by atoms with Crippen molar-refractivity contribution in [2.45, 2.75) is 19.4 Å². The Morgan fingerprint density at radius 3 is 2.64 bits per heavy atom. The van der Waals surface area contributed by atoms with E-state index < -0.39 is 0 Å². The summed E-state index contributed by atoms with van der Waals surface area (Å²) in [5, 5.41) is 14.5. The lowest BCUT2D eigenvalue weighted by Gasteiger charge is -2.10. The minimum Gasteiger partial charge on any atom is -0.392 e. The number of aliphatic hydroxyl groups is 1. The SMILES string of the molecule is OCc1ccccc1-c1cccc2[nH]c3c(c12)CCNCC3. The molecule has 2 aromatic carbocycles. The Balaban J connectivity index is 2.00. The van der Waals surface area contributed by atoms with E-state index in [1.54, 1.807) is 0 Å². The molecule has 0 saturated heterocycles. The summed E-state index contributed by atoms with van der Waals surface area (Å²) in [6.07, 6.45) is 2.10. The Hall–Kier alpha value is -2.10. The van der Waals surface area contributed by atoms with Gasteiger partial charge in [-0.05, 0) is 41.3 Å². The van der Waals surface area contributed by atoms with Crippen molar-refractivity contribution in [3.63, 3.8) is 0 Å². The summed E-state index contributed by atoms with van der Waals surface area (Å²) in [6, 6.07) is 14.6. The summed E-state index contributed by atoms with van der Waals surface area (Å²) in [5.41, 5.74) is 7.34. The molecule has 3 N–H and O–H groups in total. The summed E-state index contributed by atoms with van der Waals surface area (Å²) in [5.74, 6) is 0. The highest BCUT2D eigenvalue weighted by Gasteiger charge is 2.18. The first-order chi connectivity index (χ1) is 10.9. The molecule has 3 aromatic rings. The summed E-state index contributed by atoms with van der Waals surface area (Å²) < 4.78 is 0. The quantitative estimate of drug-likeness (QED) is 0.680. The van der Waals surface area contributed by atoms with Gasteiger partial charge in [0.25, 0.3) is 0 Å². The van der Waals surface area contributed by atoms with Gasteiger partial charge in [0.2, 0.25) is 0 Å². The monoisotopic (exact) mass is 292 g/mol. The van der Waals surface area contributed by atoms with E-state index >= 15 is 0 Å². The van der Waals surface area contributed by atoms with E-state index in [1.807, 2.05) is 18.2 Å². The van der Waals surface area contributed by atoms with Crippen molar-refractivity contribution in [3.8, 4) is 11.1 Å². The molecule has 0 radical (unpaired) electrons. The summed E-state index contributed by atoms with van der Waals surface area (Å²) in [4.78, 5) is 3.60. The number of aromatic amines is 1. The van der Waals surface area contributed by atoms with Crippen LogP contribution in [0.5, 0.6) is 0 Å². The predicted octanol–water partition coefficient (Wildman–Crippen LogP) is 3.02. The second kappa shape index (κ2) is 5.59. The van der Waals surface area contributed by atoms with Crippen LogP contribution in [0.15, 0.2) is 42.5 Å². The lowest BCUT2D eigenvalue weighted by Crippen LogP contribution is -2.16. The van der Waals surface area contributed by atoms with Crippen LogP contribution in [0.1, 0.15) is 16.8 Å². The number of rotatable bonds is 2. The molecule has 0 saturated carbocycles. The number of aliphatic hydroxyl groups excluding tert-OH is 1. The molecule has 0 amide bonds. The fraction of sp³-hybridized carbons (Fsp3) is 0.263. The van der Waals surface area contributed by atoms with Crippen molar-refractivity contribution < 1.29 is 5.11 Å². The molecular weight excluding hydrogens is 272 g/mol. The van der Waals surface area contributed by atoms with Crippen LogP contribution >= 0.6 is 0 Å². The van der Waals surface area contributed by atoms with Gasteiger partial charge in [-0.25, -0.2) is 0 Å². The van der Waals surface area contributed by atoms with Gasteiger partial charge in [-0.1, -0.05) is 36.4 Å². The molecule has 0 bridgehead atoms. The van der Waals surface area contributed by atoms with E-state index in [0.29, 0.717) is 0 Å². The molecule has 0 spiro atoms. The number of nitrogens with one attached hydrogen (secondary N) is 2. The molecule has 4 rings (SSSR count). The Morgan fingerprint density at radius 1 is 0.909 bits per heavy atom. The number of aromatic nitrogens is 1. The lowest BCUT2D eigenvalue weighted by atomic mass is 9.94. The van der Waals surface area contributed by atoms with Gasteiger partial charge in [0, 0.05) is 29.6 Å². The fourth-order valence-electron chi connectivity index (χ4n) is 3.56. The molecule has 0 aliphatic carbocycles. The fourth-order valence-corrected chi connectivity index (χ4v) is 3.56. The van der Waals surface area contributed by atoms with Crippen molar-refractivity contribution in [3.05, 3.63) is 59.3 Å². The van der Waals surface area contributed by atoms with Crippen molar-refractivity contribution >= 4 is 10.9 Å². The Kier molecular flexibility index (Phi) is 3.45. The molecule has 1 aliphatic heterocycles. The maximum atomic E-state index is 9.67. The number of hydrogen-bond donors (Lipinski definition) is 3. The van der Waals surface area contributed by atoms with Gasteiger partial charge < -0.3 is 15.4 Å². The zero-order valence-electron chi connectivity index (χ0n) is 12.5. The Morgan fingerprint density at radius 2 is 1.73 bits per heavy atom. The van der Waals surface area contributed by atoms with Crippen LogP contribution < -0.4 is 5.32 Å². The number of benzene rings is 2. The lowest BCUT2D eigenvalue weighted by molar-refractivity contribution is 0.282. The normalized spacial score (nSPS) is 14.8. The maximum Gasteiger partial charge on any atom is 0.0687 e. The van der Waals surface area contributed by atoms with Gasteiger partial charge in [-0.15, -0.1) is 0 Å². The average Bonchev–Trinajstić information content (AvgIpc) is 2.76. The van der Waals surface area contributed by atoms with Crippen molar-refractivity contribution in [2.75, 3.05) is 13.1 Å². The van der Waals surface area contributed by atoms with Crippen LogP contribution in [0.3, 0.4) is 0 Å². The first-order valence-electron chi connectivity index (χ1n) is 7.91. The van der Waals surface area contributed by atoms with Crippen LogP contribution in [0.4, 0.5) is 0 Å². The highest BCUT2D eigenvalue weighted by Crippen LogP contribution is 2.35. The topological polar surface area (TPSA) is 48.0 Å². The molecule has 3 nitrogen and oxygen atoms in total. The standard InChI is InChI=1S/C19H20N2O/c22-12-13-4-1-2-5-14(13)15-6-3-7-18-19(15)16-8-10-20-11-9-17(16)21-18/h1-7,20-22H,8-12H2. The molecule has 0 unspecified atom stereocenters. The van der Waals surface area contributed by atoms with Gasteiger partial charge in [0.05, 0.1) is 6.61 Å². The second-order valence-corrected chi connectivity index (χ2v) is 5.88. The molecule has 112 valence electrons. The van der Waals surface area contributed by atoms with E-state index in [1.165, 1.54) is 27.7 Å². The van der Waals surface area contributed by atoms with E-state index in [-0.39, 0.29) is 6.61 Å². The third-order valence-corrected chi connectivity index (χ3v) is 4.60. The van der Waals surface area contributed by atoms with E-state index in [9.17, 15) is 5.11 Å². The summed E-state index contributed by atoms with van der Waals surface area (Å²) in [7, 11) is 0. The largest absolute Gasteiger partial charge is 0.392 e. The first kappa shape index (κ1) is 13.6. The Bertz CT molecular complexity index is 819. The zero-order valence-corrected chi connectivity index (χ0v) is 12.5. The van der Waals surface area contributed by atoms with Crippen molar-refractivity contribution in [1.82, 2.24) is 10.3 Å². The van der Waals surface area contributed by atoms with Gasteiger partial charge in [-0.2, -0.15) is 0 Å². The summed E-state index contributed by atoms with van der Waals surface area (Å²) in [6.45, 7) is 2.12. The van der Waals surface area contributed by atoms with Crippen LogP contribution in [-0.2, 0) is 19.4 Å². The molecule has 22 heavy (non-hydrogen) atoms. The first-order valence-corrected chi connectivity index (χ1v) is 7.91. The molecule has 0 fully saturated rings. The van der Waals surface area contributed by atoms with Gasteiger partial charge in [0.15, 0.2) is 0 Å². The van der Waals surface area contributed by atoms with Crippen LogP contribution in [-0.4, -0.2) is 23.2 Å². The number of hydrogen-bond acceptors (Lipinski definition) is 2. The minimum absolute atomic E-state index is 0.0702. The van der Waals surface area contributed by atoms with E-state index in [0.717, 1.165) is 37.1 Å². The van der Waals surface area contributed by atoms with Gasteiger partial charge in [-0.3, -0.25) is 0 Å². The Labute approximate surface area is 130 Å². The zero-order chi connectivity index (χ0) is 14.9. The van der Waals surface area contributed by atoms with Crippen LogP contribution in [0.25, 0.3) is 22.0 Å². The maximum absolute atomic E-state index is 9.67. The highest BCUT2D eigenvalue weighted by molar-refractivity contribution is 5.99. The minimum atomic E-state index is 0.0702. The van der Waals surface area contributed by atoms with Gasteiger partial charge in [0.1, 0.15) is 0 Å². The van der Waals surface area contributed by atoms with Crippen molar-refractivity contribution in [1.29, 1.82) is 0 Å². The van der Waals surface area contributed by atoms with Crippen LogP contribution in [0.2, 0.25) is 0 Å². The number of H-pyrrole nitrogens is 1. The molecule has 1 aliphatic rings. The second-order valence-electron chi connectivity index (χ2n) is 5.88. The molecular formula is C19H20N2O. The molecule has 1 aromatic heterocycles. The highest BCUT2D eigenvalue weighted by atomic mass is 16.3. The third-order valence-electron chi connectivity index (χ3n) is 4.60. The molecule has 2 heterocycles. The molecule has 3 heteroatoms. The molecule has 0 atom stereocenters. The van der Waals surface area contributed by atoms with Gasteiger partial charge >= 0.3 is 0 Å². The van der Waals surface area contributed by atoms with E-state index in [2.05, 4.69) is 34.6 Å². The van der Waals surface area contributed by atoms with Crippen LogP contribution in [0, 0.1) is 0 Å². The average molecular weight is 292 g/mol. The smallest absolute Gasteiger partial charge is 0.0687 e. The van der Waals surface area contributed by atoms with Crippen molar-refractivity contribution in [2.24, 2.45) is 0 Å². The van der Waals surface area contributed by atoms with E-state index in [4.69, 9.17) is 0 Å².